The number of halogens is 3. The monoisotopic (exact) mass is 359 g/mol. The van der Waals surface area contributed by atoms with Crippen LogP contribution in [0.3, 0.4) is 0 Å². The number of fused-ring (bicyclic) bond motifs is 1. The molecule has 3 aromatic rings. The van der Waals surface area contributed by atoms with Crippen molar-refractivity contribution in [2.75, 3.05) is 5.32 Å². The molecule has 0 aliphatic heterocycles. The summed E-state index contributed by atoms with van der Waals surface area (Å²) in [6.07, 6.45) is -5.21. The van der Waals surface area contributed by atoms with E-state index in [9.17, 15) is 18.0 Å². The first kappa shape index (κ1) is 17.8. The first-order valence-corrected chi connectivity index (χ1v) is 7.96. The molecule has 1 N–H and O–H groups in total. The van der Waals surface area contributed by atoms with Crippen LogP contribution < -0.4 is 10.1 Å². The van der Waals surface area contributed by atoms with Crippen molar-refractivity contribution in [3.8, 4) is 5.75 Å². The molecule has 3 nitrogen and oxygen atoms in total. The van der Waals surface area contributed by atoms with Gasteiger partial charge in [-0.15, -0.1) is 0 Å². The molecule has 0 saturated heterocycles. The molecule has 0 heterocycles. The Kier molecular flexibility index (Phi) is 4.84. The highest BCUT2D eigenvalue weighted by atomic mass is 19.4. The number of rotatable bonds is 4. The summed E-state index contributed by atoms with van der Waals surface area (Å²) >= 11 is 0. The van der Waals surface area contributed by atoms with Crippen LogP contribution in [0.1, 0.15) is 12.5 Å². The van der Waals surface area contributed by atoms with E-state index in [0.29, 0.717) is 5.75 Å². The fraction of sp³-hybridized carbons (Fsp3) is 0.150. The first-order valence-electron chi connectivity index (χ1n) is 7.96. The third-order valence-corrected chi connectivity index (χ3v) is 3.88. The molecule has 3 aromatic carbocycles. The maximum atomic E-state index is 12.6. The lowest BCUT2D eigenvalue weighted by molar-refractivity contribution is -0.137. The van der Waals surface area contributed by atoms with Crippen LogP contribution >= 0.6 is 0 Å². The molecule has 0 radical (unpaired) electrons. The van der Waals surface area contributed by atoms with Crippen LogP contribution in [0, 0.1) is 0 Å². The number of hydrogen-bond donors (Lipinski definition) is 1. The van der Waals surface area contributed by atoms with Gasteiger partial charge in [-0.25, -0.2) is 0 Å². The Balaban J connectivity index is 1.65. The molecule has 0 aliphatic carbocycles. The SMILES string of the molecule is C[C@H](Oc1ccc2ccccc2c1)C(=O)Nc1ccc(C(F)(F)F)cc1. The normalized spacial score (nSPS) is 12.6. The van der Waals surface area contributed by atoms with Gasteiger partial charge in [0.1, 0.15) is 5.75 Å². The number of hydrogen-bond acceptors (Lipinski definition) is 2. The van der Waals surface area contributed by atoms with Crippen LogP contribution in [0.4, 0.5) is 18.9 Å². The number of ether oxygens (including phenoxy) is 1. The first-order chi connectivity index (χ1) is 12.3. The third-order valence-electron chi connectivity index (χ3n) is 3.88. The zero-order chi connectivity index (χ0) is 18.7. The molecule has 26 heavy (non-hydrogen) atoms. The minimum atomic E-state index is -4.41. The Labute approximate surface area is 148 Å². The molecule has 3 rings (SSSR count). The van der Waals surface area contributed by atoms with Crippen molar-refractivity contribution in [1.82, 2.24) is 0 Å². The zero-order valence-corrected chi connectivity index (χ0v) is 13.9. The second-order valence-electron chi connectivity index (χ2n) is 5.83. The van der Waals surface area contributed by atoms with E-state index < -0.39 is 23.8 Å². The standard InChI is InChI=1S/C20H16F3NO2/c1-13(26-18-11-6-14-4-2-3-5-15(14)12-18)19(25)24-17-9-7-16(8-10-17)20(21,22)23/h2-13H,1H3,(H,24,25)/t13-/m0/s1. The van der Waals surface area contributed by atoms with Crippen molar-refractivity contribution in [2.45, 2.75) is 19.2 Å². The molecular weight excluding hydrogens is 343 g/mol. The van der Waals surface area contributed by atoms with Crippen LogP contribution in [0.2, 0.25) is 0 Å². The van der Waals surface area contributed by atoms with E-state index in [0.717, 1.165) is 22.9 Å². The van der Waals surface area contributed by atoms with E-state index in [1.54, 1.807) is 13.0 Å². The van der Waals surface area contributed by atoms with Gasteiger partial charge in [0, 0.05) is 5.69 Å². The highest BCUT2D eigenvalue weighted by Crippen LogP contribution is 2.30. The molecule has 134 valence electrons. The van der Waals surface area contributed by atoms with Gasteiger partial charge in [-0.1, -0.05) is 30.3 Å². The maximum absolute atomic E-state index is 12.6. The summed E-state index contributed by atoms with van der Waals surface area (Å²) in [4.78, 5) is 12.2. The van der Waals surface area contributed by atoms with Gasteiger partial charge >= 0.3 is 6.18 Å². The van der Waals surface area contributed by atoms with Crippen molar-refractivity contribution in [2.24, 2.45) is 0 Å². The summed E-state index contributed by atoms with van der Waals surface area (Å²) in [7, 11) is 0. The zero-order valence-electron chi connectivity index (χ0n) is 13.9. The van der Waals surface area contributed by atoms with Crippen LogP contribution in [-0.4, -0.2) is 12.0 Å². The third kappa shape index (κ3) is 4.14. The molecule has 0 unspecified atom stereocenters. The molecule has 1 atom stereocenters. The Hall–Kier alpha value is -3.02. The molecule has 0 aromatic heterocycles. The summed E-state index contributed by atoms with van der Waals surface area (Å²) in [5, 5.41) is 4.59. The van der Waals surface area contributed by atoms with E-state index in [4.69, 9.17) is 4.74 Å². The number of alkyl halides is 3. The second-order valence-corrected chi connectivity index (χ2v) is 5.83. The van der Waals surface area contributed by atoms with Gasteiger partial charge in [-0.2, -0.15) is 13.2 Å². The number of carbonyl (C=O) groups is 1. The summed E-state index contributed by atoms with van der Waals surface area (Å²) in [5.41, 5.74) is -0.493. The van der Waals surface area contributed by atoms with Gasteiger partial charge in [0.15, 0.2) is 6.10 Å². The Morgan fingerprint density at radius 2 is 1.62 bits per heavy atom. The maximum Gasteiger partial charge on any atom is 0.416 e. The predicted molar refractivity (Wildman–Crippen MR) is 94.1 cm³/mol. The Bertz CT molecular complexity index is 920. The van der Waals surface area contributed by atoms with Gasteiger partial charge in [0.05, 0.1) is 5.56 Å². The quantitative estimate of drug-likeness (QED) is 0.690. The van der Waals surface area contributed by atoms with Gasteiger partial charge in [0.25, 0.3) is 5.91 Å². The van der Waals surface area contributed by atoms with Crippen molar-refractivity contribution in [3.63, 3.8) is 0 Å². The minimum absolute atomic E-state index is 0.275. The van der Waals surface area contributed by atoms with Crippen molar-refractivity contribution < 1.29 is 22.7 Å². The summed E-state index contributed by atoms with van der Waals surface area (Å²) < 4.78 is 43.3. The van der Waals surface area contributed by atoms with E-state index in [1.807, 2.05) is 36.4 Å². The highest BCUT2D eigenvalue weighted by molar-refractivity contribution is 5.94. The van der Waals surface area contributed by atoms with Crippen LogP contribution in [0.25, 0.3) is 10.8 Å². The van der Waals surface area contributed by atoms with Gasteiger partial charge in [-0.05, 0) is 54.1 Å². The number of carbonyl (C=O) groups excluding carboxylic acids is 1. The number of benzene rings is 3. The van der Waals surface area contributed by atoms with Gasteiger partial charge < -0.3 is 10.1 Å². The molecule has 0 spiro atoms. The molecular formula is C20H16F3NO2. The highest BCUT2D eigenvalue weighted by Gasteiger charge is 2.30. The molecule has 0 aliphatic rings. The molecule has 0 fully saturated rings. The molecule has 6 heteroatoms. The van der Waals surface area contributed by atoms with E-state index >= 15 is 0 Å². The largest absolute Gasteiger partial charge is 0.481 e. The van der Waals surface area contributed by atoms with E-state index in [2.05, 4.69) is 5.32 Å². The predicted octanol–water partition coefficient (Wildman–Crippen LogP) is 5.26. The fourth-order valence-corrected chi connectivity index (χ4v) is 2.48. The van der Waals surface area contributed by atoms with Crippen molar-refractivity contribution in [3.05, 3.63) is 72.3 Å². The van der Waals surface area contributed by atoms with Crippen molar-refractivity contribution in [1.29, 1.82) is 0 Å². The Morgan fingerprint density at radius 1 is 0.962 bits per heavy atom. The molecule has 1 amide bonds. The smallest absolute Gasteiger partial charge is 0.416 e. The summed E-state index contributed by atoms with van der Waals surface area (Å²) in [5.74, 6) is 0.0942. The lowest BCUT2D eigenvalue weighted by Gasteiger charge is -2.15. The van der Waals surface area contributed by atoms with E-state index in [-0.39, 0.29) is 5.69 Å². The number of nitrogens with one attached hydrogen (secondary N) is 1. The summed E-state index contributed by atoms with van der Waals surface area (Å²) in [6.45, 7) is 1.58. The number of anilines is 1. The second kappa shape index (κ2) is 7.07. The van der Waals surface area contributed by atoms with Crippen LogP contribution in [0.5, 0.6) is 5.75 Å². The van der Waals surface area contributed by atoms with Gasteiger partial charge in [-0.3, -0.25) is 4.79 Å². The minimum Gasteiger partial charge on any atom is -0.481 e. The van der Waals surface area contributed by atoms with E-state index in [1.165, 1.54) is 12.1 Å². The van der Waals surface area contributed by atoms with Crippen LogP contribution in [-0.2, 0) is 11.0 Å². The lowest BCUT2D eigenvalue weighted by Crippen LogP contribution is -2.30. The molecule has 0 bridgehead atoms. The fourth-order valence-electron chi connectivity index (χ4n) is 2.48. The van der Waals surface area contributed by atoms with Gasteiger partial charge in [0.2, 0.25) is 0 Å². The topological polar surface area (TPSA) is 38.3 Å². The average molecular weight is 359 g/mol. The van der Waals surface area contributed by atoms with Crippen LogP contribution in [0.15, 0.2) is 66.7 Å². The van der Waals surface area contributed by atoms with Crippen molar-refractivity contribution >= 4 is 22.4 Å². The lowest BCUT2D eigenvalue weighted by atomic mass is 10.1. The average Bonchev–Trinajstić information content (AvgIpc) is 2.61. The summed E-state index contributed by atoms with van der Waals surface area (Å²) in [6, 6.07) is 17.5. The number of amides is 1. The molecule has 0 saturated carbocycles. The Morgan fingerprint density at radius 3 is 2.27 bits per heavy atom.